The van der Waals surface area contributed by atoms with Gasteiger partial charge in [-0.05, 0) is 53.7 Å². The highest BCUT2D eigenvalue weighted by Crippen LogP contribution is 2.38. The number of hydrogen-bond donors (Lipinski definition) is 1. The first-order chi connectivity index (χ1) is 13.9. The average molecular weight is 468 g/mol. The van der Waals surface area contributed by atoms with Crippen LogP contribution in [0.4, 0.5) is 5.69 Å². The number of carbonyl (C=O) groups is 1. The number of amides is 1. The molecule has 0 unspecified atom stereocenters. The summed E-state index contributed by atoms with van der Waals surface area (Å²) in [5.41, 5.74) is 1.16. The molecule has 1 amide bonds. The lowest BCUT2D eigenvalue weighted by molar-refractivity contribution is -0.115. The maximum Gasteiger partial charge on any atom is 0.264 e. The zero-order valence-corrected chi connectivity index (χ0v) is 18.0. The summed E-state index contributed by atoms with van der Waals surface area (Å²) in [5, 5.41) is 4.31. The topological polar surface area (TPSA) is 59.9 Å². The molecule has 0 radical (unpaired) electrons. The van der Waals surface area contributed by atoms with Crippen LogP contribution in [0, 0.1) is 12.3 Å². The number of benzene rings is 2. The Hall–Kier alpha value is -2.30. The third-order valence-electron chi connectivity index (χ3n) is 3.63. The van der Waals surface area contributed by atoms with E-state index in [-0.39, 0.29) is 12.5 Å². The van der Waals surface area contributed by atoms with Gasteiger partial charge in [-0.3, -0.25) is 4.79 Å². The lowest BCUT2D eigenvalue weighted by Gasteiger charge is -2.11. The third kappa shape index (κ3) is 5.20. The number of thioether (sulfide) groups is 1. The molecule has 9 heteroatoms. The van der Waals surface area contributed by atoms with Crippen LogP contribution in [-0.2, 0) is 4.79 Å². The molecule has 0 spiro atoms. The number of nitrogens with zero attached hydrogens (tertiary/aromatic N) is 1. The average Bonchev–Trinajstić information content (AvgIpc) is 3.01. The molecule has 2 aromatic rings. The summed E-state index contributed by atoms with van der Waals surface area (Å²) < 4.78 is 10.7. The minimum absolute atomic E-state index is 0.0574. The molecule has 1 saturated heterocycles. The summed E-state index contributed by atoms with van der Waals surface area (Å²) in [5.74, 6) is 2.83. The molecule has 1 fully saturated rings. The smallest absolute Gasteiger partial charge is 0.264 e. The van der Waals surface area contributed by atoms with Gasteiger partial charge in [0.15, 0.2) is 16.7 Å². The number of rotatable bonds is 5. The van der Waals surface area contributed by atoms with Crippen LogP contribution in [0.2, 0.25) is 15.1 Å². The molecule has 148 valence electrons. The molecule has 0 aliphatic carbocycles. The first-order valence-electron chi connectivity index (χ1n) is 8.09. The number of nitrogens with one attached hydrogen (secondary N) is 1. The van der Waals surface area contributed by atoms with Gasteiger partial charge in [-0.1, -0.05) is 40.7 Å². The highest BCUT2D eigenvalue weighted by Gasteiger charge is 2.24. The van der Waals surface area contributed by atoms with Crippen molar-refractivity contribution in [2.45, 2.75) is 0 Å². The second-order valence-corrected chi connectivity index (χ2v) is 7.89. The second-order valence-electron chi connectivity index (χ2n) is 5.60. The number of aliphatic imine (C=N–C) groups is 1. The molecule has 0 bridgehead atoms. The van der Waals surface area contributed by atoms with Gasteiger partial charge in [-0.2, -0.15) is 0 Å². The molecule has 1 aliphatic heterocycles. The molecule has 29 heavy (non-hydrogen) atoms. The fourth-order valence-electron chi connectivity index (χ4n) is 2.39. The van der Waals surface area contributed by atoms with Crippen molar-refractivity contribution in [3.05, 3.63) is 55.9 Å². The van der Waals surface area contributed by atoms with Crippen LogP contribution in [0.25, 0.3) is 6.08 Å². The Morgan fingerprint density at radius 1 is 1.24 bits per heavy atom. The van der Waals surface area contributed by atoms with Crippen molar-refractivity contribution < 1.29 is 14.3 Å². The van der Waals surface area contributed by atoms with E-state index in [0.717, 1.165) is 0 Å². The third-order valence-corrected chi connectivity index (χ3v) is 5.36. The minimum atomic E-state index is -0.290. The molecule has 3 rings (SSSR count). The maximum atomic E-state index is 12.3. The van der Waals surface area contributed by atoms with E-state index in [9.17, 15) is 4.79 Å². The van der Waals surface area contributed by atoms with Gasteiger partial charge < -0.3 is 14.8 Å². The Kier molecular flexibility index (Phi) is 6.99. The number of amidine groups is 1. The number of halogens is 3. The largest absolute Gasteiger partial charge is 0.493 e. The maximum absolute atomic E-state index is 12.3. The second kappa shape index (κ2) is 9.47. The summed E-state index contributed by atoms with van der Waals surface area (Å²) in [6.45, 7) is 0.0574. The van der Waals surface area contributed by atoms with Crippen LogP contribution in [0.15, 0.2) is 40.2 Å². The fraction of sp³-hybridized carbons (Fsp3) is 0.100. The Morgan fingerprint density at radius 2 is 2.03 bits per heavy atom. The zero-order chi connectivity index (χ0) is 21.0. The molecule has 0 saturated carbocycles. The zero-order valence-electron chi connectivity index (χ0n) is 15.0. The number of carbonyl (C=O) groups excluding carboxylic acids is 1. The normalized spacial score (nSPS) is 16.0. The quantitative estimate of drug-likeness (QED) is 0.462. The standard InChI is InChI=1S/C20H13Cl3N2O3S/c1-3-6-28-18-14(23)7-11(8-16(18)27-2)9-17-19(26)25-20(29-17)24-15-5-4-12(21)10-13(15)22/h1,4-5,7-10H,6H2,2H3,(H,24,25,26)/b17-9+. The molecule has 0 atom stereocenters. The first kappa shape index (κ1) is 21.4. The Bertz CT molecular complexity index is 1080. The van der Waals surface area contributed by atoms with Crippen LogP contribution < -0.4 is 14.8 Å². The van der Waals surface area contributed by atoms with Crippen molar-refractivity contribution in [3.8, 4) is 23.8 Å². The number of ether oxygens (including phenoxy) is 2. The summed E-state index contributed by atoms with van der Waals surface area (Å²) in [7, 11) is 1.49. The van der Waals surface area contributed by atoms with Crippen LogP contribution in [-0.4, -0.2) is 24.8 Å². The molecule has 1 aliphatic rings. The minimum Gasteiger partial charge on any atom is -0.493 e. The van der Waals surface area contributed by atoms with E-state index in [2.05, 4.69) is 16.2 Å². The molecule has 1 heterocycles. The van der Waals surface area contributed by atoms with Crippen LogP contribution in [0.1, 0.15) is 5.56 Å². The van der Waals surface area contributed by atoms with Crippen LogP contribution in [0.3, 0.4) is 0 Å². The monoisotopic (exact) mass is 466 g/mol. The van der Waals surface area contributed by atoms with Crippen molar-refractivity contribution in [1.29, 1.82) is 0 Å². The summed E-state index contributed by atoms with van der Waals surface area (Å²) in [6, 6.07) is 8.28. The SMILES string of the molecule is C#CCOc1c(Cl)cc(/C=C2/SC(=Nc3ccc(Cl)cc3Cl)NC2=O)cc1OC. The molecule has 2 aromatic carbocycles. The Morgan fingerprint density at radius 3 is 2.72 bits per heavy atom. The Balaban J connectivity index is 1.87. The highest BCUT2D eigenvalue weighted by atomic mass is 35.5. The van der Waals surface area contributed by atoms with E-state index in [4.69, 9.17) is 50.7 Å². The van der Waals surface area contributed by atoms with Crippen LogP contribution in [0.5, 0.6) is 11.5 Å². The summed E-state index contributed by atoms with van der Waals surface area (Å²) in [6.07, 6.45) is 6.89. The van der Waals surface area contributed by atoms with E-state index < -0.39 is 0 Å². The van der Waals surface area contributed by atoms with Crippen molar-refractivity contribution in [2.24, 2.45) is 4.99 Å². The van der Waals surface area contributed by atoms with Gasteiger partial charge in [0.25, 0.3) is 5.91 Å². The van der Waals surface area contributed by atoms with Gasteiger partial charge in [0.05, 0.1) is 27.7 Å². The predicted molar refractivity (Wildman–Crippen MR) is 120 cm³/mol. The number of terminal acetylenes is 1. The lowest BCUT2D eigenvalue weighted by atomic mass is 10.2. The van der Waals surface area contributed by atoms with Gasteiger partial charge in [0.1, 0.15) is 6.61 Å². The molecule has 5 nitrogen and oxygen atoms in total. The molecular formula is C20H13Cl3N2O3S. The summed E-state index contributed by atoms with van der Waals surface area (Å²) in [4.78, 5) is 17.1. The van der Waals surface area contributed by atoms with Gasteiger partial charge >= 0.3 is 0 Å². The molecule has 0 aromatic heterocycles. The first-order valence-corrected chi connectivity index (χ1v) is 10.0. The van der Waals surface area contributed by atoms with E-state index >= 15 is 0 Å². The van der Waals surface area contributed by atoms with E-state index in [1.54, 1.807) is 36.4 Å². The van der Waals surface area contributed by atoms with Gasteiger partial charge in [0, 0.05) is 5.02 Å². The van der Waals surface area contributed by atoms with Crippen molar-refractivity contribution >= 4 is 69.4 Å². The molecule has 1 N–H and O–H groups in total. The van der Waals surface area contributed by atoms with E-state index in [1.165, 1.54) is 18.9 Å². The molecular weight excluding hydrogens is 455 g/mol. The van der Waals surface area contributed by atoms with Crippen molar-refractivity contribution in [2.75, 3.05) is 13.7 Å². The number of hydrogen-bond acceptors (Lipinski definition) is 5. The lowest BCUT2D eigenvalue weighted by Crippen LogP contribution is -2.19. The predicted octanol–water partition coefficient (Wildman–Crippen LogP) is 5.56. The van der Waals surface area contributed by atoms with Crippen molar-refractivity contribution in [3.63, 3.8) is 0 Å². The van der Waals surface area contributed by atoms with Crippen LogP contribution >= 0.6 is 46.6 Å². The van der Waals surface area contributed by atoms with Gasteiger partial charge in [0.2, 0.25) is 0 Å². The fourth-order valence-corrected chi connectivity index (χ4v) is 3.95. The van der Waals surface area contributed by atoms with Gasteiger partial charge in [-0.15, -0.1) is 6.42 Å². The number of methoxy groups -OCH3 is 1. The van der Waals surface area contributed by atoms with E-state index in [1.807, 2.05) is 0 Å². The van der Waals surface area contributed by atoms with E-state index in [0.29, 0.717) is 47.9 Å². The highest BCUT2D eigenvalue weighted by molar-refractivity contribution is 8.18. The summed E-state index contributed by atoms with van der Waals surface area (Å²) >= 11 is 19.5. The van der Waals surface area contributed by atoms with Crippen molar-refractivity contribution in [1.82, 2.24) is 5.32 Å². The van der Waals surface area contributed by atoms with Gasteiger partial charge in [-0.25, -0.2) is 4.99 Å². The Labute approximate surface area is 187 Å².